The number of hydrogen-bond donors (Lipinski definition) is 2. The predicted octanol–water partition coefficient (Wildman–Crippen LogP) is 1.76. The quantitative estimate of drug-likeness (QED) is 0.780. The van der Waals surface area contributed by atoms with Crippen LogP contribution in [-0.2, 0) is 13.1 Å². The molecule has 0 unspecified atom stereocenters. The average molecular weight is 244 g/mol. The number of aromatic amines is 1. The van der Waals surface area contributed by atoms with Crippen molar-refractivity contribution >= 4 is 0 Å². The van der Waals surface area contributed by atoms with E-state index in [1.54, 1.807) is 6.33 Å². The summed E-state index contributed by atoms with van der Waals surface area (Å²) in [6.07, 6.45) is 4.61. The molecule has 96 valence electrons. The minimum Gasteiger partial charge on any atom is -0.347 e. The Morgan fingerprint density at radius 1 is 1.17 bits per heavy atom. The summed E-state index contributed by atoms with van der Waals surface area (Å²) in [6.45, 7) is 3.56. The van der Waals surface area contributed by atoms with Crippen molar-refractivity contribution in [3.8, 4) is 0 Å². The first-order valence-electron chi connectivity index (χ1n) is 6.32. The van der Waals surface area contributed by atoms with Crippen LogP contribution in [0.15, 0.2) is 42.9 Å². The molecule has 0 radical (unpaired) electrons. The Morgan fingerprint density at radius 3 is 2.67 bits per heavy atom. The zero-order chi connectivity index (χ0) is 12.6. The van der Waals surface area contributed by atoms with Crippen molar-refractivity contribution in [3.05, 3.63) is 54.1 Å². The highest BCUT2D eigenvalue weighted by Crippen LogP contribution is 2.08. The molecule has 0 aliphatic rings. The molecule has 1 aromatic carbocycles. The maximum absolute atomic E-state index is 5.60. The Morgan fingerprint density at radius 2 is 2.00 bits per heavy atom. The lowest BCUT2D eigenvalue weighted by Gasteiger charge is -2.21. The van der Waals surface area contributed by atoms with Crippen LogP contribution in [0.25, 0.3) is 0 Å². The Hall–Kier alpha value is -1.65. The van der Waals surface area contributed by atoms with Gasteiger partial charge < -0.3 is 10.7 Å². The largest absolute Gasteiger partial charge is 0.347 e. The molecule has 0 bridgehead atoms. The van der Waals surface area contributed by atoms with Crippen molar-refractivity contribution in [1.29, 1.82) is 0 Å². The topological polar surface area (TPSA) is 57.9 Å². The summed E-state index contributed by atoms with van der Waals surface area (Å²) >= 11 is 0. The summed E-state index contributed by atoms with van der Waals surface area (Å²) in [5.41, 5.74) is 8.07. The van der Waals surface area contributed by atoms with Gasteiger partial charge in [0, 0.05) is 31.5 Å². The molecule has 0 spiro atoms. The lowest BCUT2D eigenvalue weighted by Crippen LogP contribution is -2.25. The van der Waals surface area contributed by atoms with Crippen LogP contribution in [0.3, 0.4) is 0 Å². The molecule has 2 aromatic rings. The fourth-order valence-electron chi connectivity index (χ4n) is 1.98. The smallest absolute Gasteiger partial charge is 0.0922 e. The van der Waals surface area contributed by atoms with Crippen LogP contribution in [0, 0.1) is 0 Å². The Labute approximate surface area is 108 Å². The summed E-state index contributed by atoms with van der Waals surface area (Å²) in [5, 5.41) is 0. The van der Waals surface area contributed by atoms with Crippen molar-refractivity contribution in [2.75, 3.05) is 13.1 Å². The number of aromatic nitrogens is 2. The van der Waals surface area contributed by atoms with Crippen LogP contribution in [0.1, 0.15) is 17.7 Å². The zero-order valence-corrected chi connectivity index (χ0v) is 10.5. The molecule has 3 N–H and O–H groups in total. The lowest BCUT2D eigenvalue weighted by molar-refractivity contribution is 0.252. The molecule has 1 aromatic heterocycles. The number of benzene rings is 1. The van der Waals surface area contributed by atoms with E-state index in [-0.39, 0.29) is 0 Å². The van der Waals surface area contributed by atoms with E-state index in [4.69, 9.17) is 5.73 Å². The van der Waals surface area contributed by atoms with Gasteiger partial charge in [0.2, 0.25) is 0 Å². The van der Waals surface area contributed by atoms with E-state index >= 15 is 0 Å². The molecule has 0 aliphatic heterocycles. The van der Waals surface area contributed by atoms with Gasteiger partial charge in [0.15, 0.2) is 0 Å². The van der Waals surface area contributed by atoms with E-state index in [2.05, 4.69) is 39.1 Å². The van der Waals surface area contributed by atoms with E-state index in [0.29, 0.717) is 0 Å². The minimum absolute atomic E-state index is 0.730. The molecular formula is C14H20N4. The van der Waals surface area contributed by atoms with Crippen molar-refractivity contribution in [2.24, 2.45) is 5.73 Å². The second-order valence-electron chi connectivity index (χ2n) is 4.42. The molecule has 1 heterocycles. The normalized spacial score (nSPS) is 11.0. The van der Waals surface area contributed by atoms with Crippen LogP contribution in [0.5, 0.6) is 0 Å². The molecule has 0 aliphatic carbocycles. The summed E-state index contributed by atoms with van der Waals surface area (Å²) in [4.78, 5) is 9.59. The second-order valence-corrected chi connectivity index (χ2v) is 4.42. The highest BCUT2D eigenvalue weighted by Gasteiger charge is 2.07. The molecule has 0 saturated heterocycles. The Bertz CT molecular complexity index is 424. The second kappa shape index (κ2) is 6.93. The zero-order valence-electron chi connectivity index (χ0n) is 10.5. The molecule has 2 rings (SSSR count). The average Bonchev–Trinajstić information content (AvgIpc) is 2.90. The first-order chi connectivity index (χ1) is 8.88. The van der Waals surface area contributed by atoms with Gasteiger partial charge in [-0.2, -0.15) is 0 Å². The molecule has 18 heavy (non-hydrogen) atoms. The molecular weight excluding hydrogens is 224 g/mol. The van der Waals surface area contributed by atoms with Crippen molar-refractivity contribution in [2.45, 2.75) is 19.5 Å². The Balaban J connectivity index is 1.96. The maximum Gasteiger partial charge on any atom is 0.0922 e. The van der Waals surface area contributed by atoms with Gasteiger partial charge in [0.05, 0.1) is 6.33 Å². The molecule has 0 atom stereocenters. The van der Waals surface area contributed by atoms with Crippen molar-refractivity contribution < 1.29 is 0 Å². The first-order valence-corrected chi connectivity index (χ1v) is 6.32. The van der Waals surface area contributed by atoms with Gasteiger partial charge in [-0.3, -0.25) is 4.90 Å². The number of hydrogen-bond acceptors (Lipinski definition) is 3. The van der Waals surface area contributed by atoms with Gasteiger partial charge >= 0.3 is 0 Å². The van der Waals surface area contributed by atoms with E-state index in [9.17, 15) is 0 Å². The van der Waals surface area contributed by atoms with Gasteiger partial charge in [0.25, 0.3) is 0 Å². The van der Waals surface area contributed by atoms with Gasteiger partial charge in [-0.05, 0) is 18.5 Å². The summed E-state index contributed by atoms with van der Waals surface area (Å²) < 4.78 is 0. The van der Waals surface area contributed by atoms with Gasteiger partial charge in [-0.1, -0.05) is 30.3 Å². The summed E-state index contributed by atoms with van der Waals surface area (Å²) in [7, 11) is 0. The highest BCUT2D eigenvalue weighted by atomic mass is 15.1. The number of nitrogens with one attached hydrogen (secondary N) is 1. The first kappa shape index (κ1) is 12.8. The van der Waals surface area contributed by atoms with Gasteiger partial charge in [-0.15, -0.1) is 0 Å². The van der Waals surface area contributed by atoms with Crippen molar-refractivity contribution in [3.63, 3.8) is 0 Å². The number of nitrogens with two attached hydrogens (primary N) is 1. The number of nitrogens with zero attached hydrogens (tertiary/aromatic N) is 2. The lowest BCUT2D eigenvalue weighted by atomic mass is 10.2. The molecule has 0 fully saturated rings. The fourth-order valence-corrected chi connectivity index (χ4v) is 1.98. The standard InChI is InChI=1S/C14H20N4/c15-7-4-8-18(11-14-9-16-12-17-14)10-13-5-2-1-3-6-13/h1-3,5-6,9,12H,4,7-8,10-11,15H2,(H,16,17). The van der Waals surface area contributed by atoms with E-state index in [1.165, 1.54) is 5.56 Å². The monoisotopic (exact) mass is 244 g/mol. The molecule has 0 amide bonds. The fraction of sp³-hybridized carbons (Fsp3) is 0.357. The number of rotatable bonds is 7. The predicted molar refractivity (Wildman–Crippen MR) is 72.8 cm³/mol. The van der Waals surface area contributed by atoms with E-state index in [0.717, 1.165) is 38.3 Å². The minimum atomic E-state index is 0.730. The third-order valence-corrected chi connectivity index (χ3v) is 2.88. The molecule has 4 heteroatoms. The van der Waals surface area contributed by atoms with Crippen molar-refractivity contribution in [1.82, 2.24) is 14.9 Å². The van der Waals surface area contributed by atoms with Gasteiger partial charge in [-0.25, -0.2) is 4.98 Å². The van der Waals surface area contributed by atoms with Crippen LogP contribution in [-0.4, -0.2) is 28.0 Å². The van der Waals surface area contributed by atoms with Crippen LogP contribution < -0.4 is 5.73 Å². The third-order valence-electron chi connectivity index (χ3n) is 2.88. The van der Waals surface area contributed by atoms with E-state index in [1.807, 2.05) is 12.3 Å². The van der Waals surface area contributed by atoms with Gasteiger partial charge in [0.1, 0.15) is 0 Å². The summed E-state index contributed by atoms with van der Waals surface area (Å²) in [5.74, 6) is 0. The number of H-pyrrole nitrogens is 1. The third kappa shape index (κ3) is 3.98. The van der Waals surface area contributed by atoms with Crippen LogP contribution >= 0.6 is 0 Å². The molecule has 0 saturated carbocycles. The highest BCUT2D eigenvalue weighted by molar-refractivity contribution is 5.14. The molecule has 4 nitrogen and oxygen atoms in total. The van der Waals surface area contributed by atoms with E-state index < -0.39 is 0 Å². The maximum atomic E-state index is 5.60. The number of imidazole rings is 1. The summed E-state index contributed by atoms with van der Waals surface area (Å²) in [6, 6.07) is 10.5. The SMILES string of the molecule is NCCCN(Cc1ccccc1)Cc1cnc[nH]1. The Kier molecular flexibility index (Phi) is 4.93. The van der Waals surface area contributed by atoms with Crippen LogP contribution in [0.2, 0.25) is 0 Å². The van der Waals surface area contributed by atoms with Crippen LogP contribution in [0.4, 0.5) is 0 Å².